The molecule has 0 aromatic rings. The van der Waals surface area contributed by atoms with Gasteiger partial charge in [0.2, 0.25) is 6.29 Å². The Morgan fingerprint density at radius 2 is 1.59 bits per heavy atom. The van der Waals surface area contributed by atoms with Gasteiger partial charge in [0.05, 0.1) is 12.2 Å². The van der Waals surface area contributed by atoms with Crippen LogP contribution in [-0.4, -0.2) is 64.4 Å². The summed E-state index contributed by atoms with van der Waals surface area (Å²) in [4.78, 5) is 36.5. The molecule has 2 aliphatic heterocycles. The van der Waals surface area contributed by atoms with Gasteiger partial charge in [0.15, 0.2) is 0 Å². The molecule has 1 saturated heterocycles. The molecule has 0 aromatic heterocycles. The van der Waals surface area contributed by atoms with Crippen LogP contribution >= 0.6 is 0 Å². The average Bonchev–Trinajstić information content (AvgIpc) is 3.37. The Labute approximate surface area is 229 Å². The molecule has 4 saturated carbocycles. The number of rotatable bonds is 3. The third-order valence-corrected chi connectivity index (χ3v) is 12.6. The molecule has 1 spiro atoms. The van der Waals surface area contributed by atoms with Crippen LogP contribution in [-0.2, 0) is 33.3 Å². The molecule has 9 heteroatoms. The first-order valence-corrected chi connectivity index (χ1v) is 14.4. The van der Waals surface area contributed by atoms with Crippen molar-refractivity contribution < 1.29 is 43.5 Å². The maximum absolute atomic E-state index is 12.4. The van der Waals surface area contributed by atoms with Crippen molar-refractivity contribution >= 4 is 17.9 Å². The average molecular weight is 547 g/mol. The van der Waals surface area contributed by atoms with Crippen LogP contribution in [0.3, 0.4) is 0 Å². The maximum atomic E-state index is 12.4. The van der Waals surface area contributed by atoms with Gasteiger partial charge in [-0.25, -0.2) is 4.79 Å². The Balaban J connectivity index is 1.44. The molecule has 0 amide bonds. The van der Waals surface area contributed by atoms with Crippen molar-refractivity contribution in [3.05, 3.63) is 11.6 Å². The second-order valence-electron chi connectivity index (χ2n) is 14.3. The first-order valence-electron chi connectivity index (χ1n) is 14.4. The number of cyclic esters (lactones) is 1. The second kappa shape index (κ2) is 8.07. The lowest BCUT2D eigenvalue weighted by Crippen LogP contribution is -2.73. The van der Waals surface area contributed by atoms with Gasteiger partial charge in [-0.3, -0.25) is 9.59 Å². The quantitative estimate of drug-likeness (QED) is 0.311. The molecule has 216 valence electrons. The Hall–Kier alpha value is -1.97. The number of ether oxygens (including phenoxy) is 4. The second-order valence-corrected chi connectivity index (χ2v) is 14.3. The first kappa shape index (κ1) is 27.2. The minimum absolute atomic E-state index is 0.0437. The fraction of sp³-hybridized carbons (Fsp3) is 0.833. The van der Waals surface area contributed by atoms with Crippen molar-refractivity contribution in [3.8, 4) is 0 Å². The van der Waals surface area contributed by atoms with Crippen molar-refractivity contribution in [1.29, 1.82) is 0 Å². The number of fused-ring (bicyclic) bond motifs is 3. The van der Waals surface area contributed by atoms with E-state index in [1.807, 2.05) is 0 Å². The number of aliphatic hydroxyl groups excluding tert-OH is 2. The minimum Gasteiger partial charge on any atom is -0.462 e. The standard InChI is InChI=1S/C30H42O9/c1-14(31)36-21-13-22(37-15(2)32)28(6)18-8-9-27(5)17(16-10-24(34)38-25(16)35)11-23-30(27,39-23)29(18,7)20(33)12-19(28)26(21,3)4/h10,17-23,25,33,35H,8-9,11-13H2,1-7H3. The highest BCUT2D eigenvalue weighted by Crippen LogP contribution is 2.82. The summed E-state index contributed by atoms with van der Waals surface area (Å²) >= 11 is 0. The lowest BCUT2D eigenvalue weighted by molar-refractivity contribution is -0.288. The van der Waals surface area contributed by atoms with Crippen LogP contribution in [0.25, 0.3) is 0 Å². The number of esters is 3. The van der Waals surface area contributed by atoms with Crippen molar-refractivity contribution in [2.75, 3.05) is 0 Å². The number of hydrogen-bond donors (Lipinski definition) is 2. The largest absolute Gasteiger partial charge is 0.462 e. The van der Waals surface area contributed by atoms with Crippen molar-refractivity contribution in [3.63, 3.8) is 0 Å². The van der Waals surface area contributed by atoms with E-state index in [0.717, 1.165) is 12.8 Å². The Kier molecular flexibility index (Phi) is 5.63. The summed E-state index contributed by atoms with van der Waals surface area (Å²) in [7, 11) is 0. The SMILES string of the molecule is CC(=O)OC1CC(OC(C)=O)C2(C)C(CC(O)C3(C)C2CCC2(C)C(C4=CC(=O)OC4O)CC4OC423)C1(C)C. The van der Waals surface area contributed by atoms with E-state index in [9.17, 15) is 24.6 Å². The monoisotopic (exact) mass is 546 g/mol. The normalized spacial score (nSPS) is 52.8. The van der Waals surface area contributed by atoms with Gasteiger partial charge < -0.3 is 29.2 Å². The molecule has 0 radical (unpaired) electrons. The van der Waals surface area contributed by atoms with Gasteiger partial charge in [0, 0.05) is 53.6 Å². The van der Waals surface area contributed by atoms with E-state index in [0.29, 0.717) is 24.8 Å². The Bertz CT molecular complexity index is 1160. The molecule has 5 fully saturated rings. The highest BCUT2D eigenvalue weighted by atomic mass is 16.6. The van der Waals surface area contributed by atoms with E-state index in [1.165, 1.54) is 19.9 Å². The predicted octanol–water partition coefficient (Wildman–Crippen LogP) is 3.05. The molecule has 9 nitrogen and oxygen atoms in total. The molecule has 4 aliphatic carbocycles. The fourth-order valence-electron chi connectivity index (χ4n) is 11.0. The lowest BCUT2D eigenvalue weighted by Gasteiger charge is -2.70. The molecule has 2 heterocycles. The summed E-state index contributed by atoms with van der Waals surface area (Å²) in [5.74, 6) is -1.50. The van der Waals surface area contributed by atoms with Gasteiger partial charge in [0.25, 0.3) is 0 Å². The van der Waals surface area contributed by atoms with Gasteiger partial charge in [-0.2, -0.15) is 0 Å². The van der Waals surface area contributed by atoms with E-state index in [1.54, 1.807) is 0 Å². The minimum atomic E-state index is -1.25. The summed E-state index contributed by atoms with van der Waals surface area (Å²) in [5.41, 5.74) is -2.09. The van der Waals surface area contributed by atoms with Gasteiger partial charge in [0.1, 0.15) is 17.8 Å². The molecular formula is C30H42O9. The van der Waals surface area contributed by atoms with Crippen LogP contribution in [0.1, 0.15) is 80.6 Å². The van der Waals surface area contributed by atoms with E-state index in [4.69, 9.17) is 18.9 Å². The summed E-state index contributed by atoms with van der Waals surface area (Å²) in [6.45, 7) is 13.5. The third-order valence-electron chi connectivity index (χ3n) is 12.6. The molecule has 12 atom stereocenters. The molecule has 39 heavy (non-hydrogen) atoms. The van der Waals surface area contributed by atoms with Crippen LogP contribution in [0, 0.1) is 39.4 Å². The lowest BCUT2D eigenvalue weighted by atomic mass is 9.35. The summed E-state index contributed by atoms with van der Waals surface area (Å²) < 4.78 is 23.6. The summed E-state index contributed by atoms with van der Waals surface area (Å²) in [5, 5.41) is 22.7. The Morgan fingerprint density at radius 1 is 0.949 bits per heavy atom. The highest BCUT2D eigenvalue weighted by molar-refractivity contribution is 5.85. The third kappa shape index (κ3) is 3.15. The highest BCUT2D eigenvalue weighted by Gasteiger charge is 2.87. The molecule has 12 unspecified atom stereocenters. The fourth-order valence-corrected chi connectivity index (χ4v) is 11.0. The van der Waals surface area contributed by atoms with Crippen molar-refractivity contribution in [1.82, 2.24) is 0 Å². The van der Waals surface area contributed by atoms with Crippen LogP contribution < -0.4 is 0 Å². The van der Waals surface area contributed by atoms with E-state index in [-0.39, 0.29) is 35.8 Å². The van der Waals surface area contributed by atoms with E-state index in [2.05, 4.69) is 34.6 Å². The molecule has 6 rings (SSSR count). The van der Waals surface area contributed by atoms with E-state index < -0.39 is 57.8 Å². The van der Waals surface area contributed by atoms with Crippen LogP contribution in [0.15, 0.2) is 11.6 Å². The van der Waals surface area contributed by atoms with Crippen molar-refractivity contribution in [2.45, 2.75) is 117 Å². The zero-order valence-electron chi connectivity index (χ0n) is 24.0. The van der Waals surface area contributed by atoms with Crippen LogP contribution in [0.2, 0.25) is 0 Å². The summed E-state index contributed by atoms with van der Waals surface area (Å²) in [6, 6.07) is 0. The number of aliphatic hydroxyl groups is 2. The Morgan fingerprint density at radius 3 is 2.18 bits per heavy atom. The molecule has 2 N–H and O–H groups in total. The number of carbonyl (C=O) groups excluding carboxylic acids is 3. The number of carbonyl (C=O) groups is 3. The smallest absolute Gasteiger partial charge is 0.333 e. The molecule has 0 aromatic carbocycles. The maximum Gasteiger partial charge on any atom is 0.333 e. The van der Waals surface area contributed by atoms with Crippen LogP contribution in [0.4, 0.5) is 0 Å². The van der Waals surface area contributed by atoms with Gasteiger partial charge in [-0.05, 0) is 43.4 Å². The topological polar surface area (TPSA) is 132 Å². The van der Waals surface area contributed by atoms with E-state index >= 15 is 0 Å². The van der Waals surface area contributed by atoms with Gasteiger partial charge >= 0.3 is 17.9 Å². The van der Waals surface area contributed by atoms with Crippen molar-refractivity contribution in [2.24, 2.45) is 39.4 Å². The zero-order chi connectivity index (χ0) is 28.5. The molecule has 0 bridgehead atoms. The predicted molar refractivity (Wildman–Crippen MR) is 137 cm³/mol. The summed E-state index contributed by atoms with van der Waals surface area (Å²) in [6.07, 6.45) is 1.45. The van der Waals surface area contributed by atoms with Gasteiger partial charge in [-0.15, -0.1) is 0 Å². The first-order chi connectivity index (χ1) is 18.0. The van der Waals surface area contributed by atoms with Gasteiger partial charge in [-0.1, -0.05) is 34.6 Å². The van der Waals surface area contributed by atoms with Crippen LogP contribution in [0.5, 0.6) is 0 Å². The number of hydrogen-bond acceptors (Lipinski definition) is 9. The molecular weight excluding hydrogens is 504 g/mol. The molecule has 6 aliphatic rings. The zero-order valence-corrected chi connectivity index (χ0v) is 24.0. The number of epoxide rings is 1.